The van der Waals surface area contributed by atoms with E-state index in [-0.39, 0.29) is 18.1 Å². The molecule has 0 aromatic heterocycles. The van der Waals surface area contributed by atoms with Gasteiger partial charge in [-0.3, -0.25) is 10.2 Å². The number of hydrogen-bond acceptors (Lipinski definition) is 6. The van der Waals surface area contributed by atoms with Gasteiger partial charge in [0.2, 0.25) is 5.78 Å². The largest absolute Gasteiger partial charge is 0.497 e. The van der Waals surface area contributed by atoms with Gasteiger partial charge in [0.05, 0.1) is 19.6 Å². The molecule has 0 bridgehead atoms. The number of esters is 1. The first-order valence-electron chi connectivity index (χ1n) is 8.49. The number of Topliss-reactive ketones (excluding diaryl/α,β-unsaturated/α-hetero) is 1. The number of carbonyl (C=O) groups is 2. The van der Waals surface area contributed by atoms with E-state index in [0.717, 1.165) is 0 Å². The fourth-order valence-electron chi connectivity index (χ4n) is 3.00. The Morgan fingerprint density at radius 3 is 2.48 bits per heavy atom. The molecule has 0 unspecified atom stereocenters. The Balaban J connectivity index is 1.98. The SMILES string of the molecule is CCOC(=O)[C@@H]1NN=C(C(=O)c2ccc(OC)cc2)[C@H]1c1ccccc1Cl. The molecular formula is C20H19ClN2O4. The third-order valence-corrected chi connectivity index (χ3v) is 4.66. The Hall–Kier alpha value is -2.86. The standard InChI is InChI=1S/C20H19ClN2O4/c1-3-27-20(25)18-16(14-6-4-5-7-15(14)21)17(22-23-18)19(24)12-8-10-13(26-2)11-9-12/h4-11,16,18,23H,3H2,1-2H3/t16-,18-/m1/s1. The number of nitrogens with zero attached hydrogens (tertiary/aromatic N) is 1. The van der Waals surface area contributed by atoms with Gasteiger partial charge in [0.1, 0.15) is 11.5 Å². The van der Waals surface area contributed by atoms with Crippen LogP contribution in [0.2, 0.25) is 5.02 Å². The third kappa shape index (κ3) is 3.80. The fourth-order valence-corrected chi connectivity index (χ4v) is 3.25. The maximum atomic E-state index is 13.1. The van der Waals surface area contributed by atoms with Crippen molar-refractivity contribution < 1.29 is 19.1 Å². The quantitative estimate of drug-likeness (QED) is 0.609. The molecule has 1 aliphatic heterocycles. The summed E-state index contributed by atoms with van der Waals surface area (Å²) in [6.07, 6.45) is 0. The minimum absolute atomic E-state index is 0.214. The van der Waals surface area contributed by atoms with Crippen LogP contribution in [-0.2, 0) is 9.53 Å². The summed E-state index contributed by atoms with van der Waals surface area (Å²) in [5.74, 6) is -0.775. The average molecular weight is 387 g/mol. The Labute approximate surface area is 162 Å². The van der Waals surface area contributed by atoms with Gasteiger partial charge in [0.25, 0.3) is 0 Å². The molecule has 2 aromatic rings. The molecule has 0 saturated carbocycles. The topological polar surface area (TPSA) is 77.0 Å². The molecule has 1 N–H and O–H groups in total. The van der Waals surface area contributed by atoms with Crippen molar-refractivity contribution in [2.24, 2.45) is 5.10 Å². The minimum Gasteiger partial charge on any atom is -0.497 e. The zero-order chi connectivity index (χ0) is 19.4. The van der Waals surface area contributed by atoms with Crippen LogP contribution < -0.4 is 10.2 Å². The second kappa shape index (κ2) is 8.22. The minimum atomic E-state index is -0.818. The zero-order valence-corrected chi connectivity index (χ0v) is 15.7. The zero-order valence-electron chi connectivity index (χ0n) is 14.9. The van der Waals surface area contributed by atoms with Gasteiger partial charge >= 0.3 is 5.97 Å². The van der Waals surface area contributed by atoms with E-state index in [1.165, 1.54) is 0 Å². The number of benzene rings is 2. The van der Waals surface area contributed by atoms with Gasteiger partial charge in [0.15, 0.2) is 6.04 Å². The number of halogens is 1. The van der Waals surface area contributed by atoms with E-state index < -0.39 is 17.9 Å². The number of hydrazone groups is 1. The van der Waals surface area contributed by atoms with Gasteiger partial charge in [0, 0.05) is 10.6 Å². The maximum absolute atomic E-state index is 13.1. The Bertz CT molecular complexity index is 880. The summed E-state index contributed by atoms with van der Waals surface area (Å²) in [6.45, 7) is 1.95. The Kier molecular flexibility index (Phi) is 5.76. The first-order chi connectivity index (χ1) is 13.1. The highest BCUT2D eigenvalue weighted by Gasteiger charge is 2.42. The van der Waals surface area contributed by atoms with E-state index in [4.69, 9.17) is 21.1 Å². The van der Waals surface area contributed by atoms with Crippen molar-refractivity contribution in [1.82, 2.24) is 5.43 Å². The molecule has 2 aromatic carbocycles. The first kappa shape index (κ1) is 18.9. The van der Waals surface area contributed by atoms with Crippen LogP contribution in [0.1, 0.15) is 28.8 Å². The second-order valence-electron chi connectivity index (χ2n) is 5.91. The number of rotatable bonds is 6. The van der Waals surface area contributed by atoms with Gasteiger partial charge in [-0.15, -0.1) is 0 Å². The van der Waals surface area contributed by atoms with Crippen LogP contribution in [0.3, 0.4) is 0 Å². The summed E-state index contributed by atoms with van der Waals surface area (Å²) in [5, 5.41) is 4.62. The Morgan fingerprint density at radius 2 is 1.85 bits per heavy atom. The molecule has 7 heteroatoms. The van der Waals surface area contributed by atoms with Crippen molar-refractivity contribution in [3.8, 4) is 5.75 Å². The van der Waals surface area contributed by atoms with Gasteiger partial charge in [-0.1, -0.05) is 29.8 Å². The van der Waals surface area contributed by atoms with E-state index in [0.29, 0.717) is 21.9 Å². The number of ether oxygens (including phenoxy) is 2. The van der Waals surface area contributed by atoms with E-state index in [1.54, 1.807) is 62.6 Å². The maximum Gasteiger partial charge on any atom is 0.331 e. The summed E-state index contributed by atoms with van der Waals surface area (Å²) in [7, 11) is 1.55. The van der Waals surface area contributed by atoms with Crippen molar-refractivity contribution in [2.75, 3.05) is 13.7 Å². The summed E-state index contributed by atoms with van der Waals surface area (Å²) >= 11 is 6.34. The number of carbonyl (C=O) groups excluding carboxylic acids is 2. The van der Waals surface area contributed by atoms with Gasteiger partial charge in [-0.25, -0.2) is 4.79 Å². The van der Waals surface area contributed by atoms with Crippen molar-refractivity contribution in [1.29, 1.82) is 0 Å². The molecule has 0 radical (unpaired) electrons. The number of ketones is 1. The van der Waals surface area contributed by atoms with E-state index >= 15 is 0 Å². The molecule has 1 heterocycles. The lowest BCUT2D eigenvalue weighted by atomic mass is 9.85. The van der Waals surface area contributed by atoms with Gasteiger partial charge < -0.3 is 9.47 Å². The highest BCUT2D eigenvalue weighted by atomic mass is 35.5. The van der Waals surface area contributed by atoms with E-state index in [9.17, 15) is 9.59 Å². The third-order valence-electron chi connectivity index (χ3n) is 4.32. The van der Waals surface area contributed by atoms with Gasteiger partial charge in [-0.2, -0.15) is 5.10 Å². The molecule has 2 atom stereocenters. The van der Waals surface area contributed by atoms with Crippen LogP contribution in [0, 0.1) is 0 Å². The molecular weight excluding hydrogens is 368 g/mol. The molecule has 140 valence electrons. The number of nitrogens with one attached hydrogen (secondary N) is 1. The van der Waals surface area contributed by atoms with Crippen LogP contribution in [-0.4, -0.2) is 37.2 Å². The van der Waals surface area contributed by atoms with E-state index in [1.807, 2.05) is 0 Å². The van der Waals surface area contributed by atoms with Crippen molar-refractivity contribution in [3.05, 3.63) is 64.7 Å². The molecule has 0 saturated heterocycles. The molecule has 3 rings (SSSR count). The monoisotopic (exact) mass is 386 g/mol. The number of methoxy groups -OCH3 is 1. The van der Waals surface area contributed by atoms with Crippen molar-refractivity contribution in [2.45, 2.75) is 18.9 Å². The normalized spacial score (nSPS) is 18.4. The summed E-state index contributed by atoms with van der Waals surface area (Å²) in [6, 6.07) is 13.0. The molecule has 0 aliphatic carbocycles. The van der Waals surface area contributed by atoms with Crippen LogP contribution in [0.25, 0.3) is 0 Å². The molecule has 0 spiro atoms. The number of hydrogen-bond donors (Lipinski definition) is 1. The lowest BCUT2D eigenvalue weighted by Gasteiger charge is -2.20. The average Bonchev–Trinajstić information content (AvgIpc) is 3.13. The fraction of sp³-hybridized carbons (Fsp3) is 0.250. The van der Waals surface area contributed by atoms with Crippen LogP contribution in [0.15, 0.2) is 53.6 Å². The summed E-state index contributed by atoms with van der Waals surface area (Å²) < 4.78 is 10.3. The molecule has 27 heavy (non-hydrogen) atoms. The molecule has 1 aliphatic rings. The van der Waals surface area contributed by atoms with Crippen LogP contribution >= 0.6 is 11.6 Å². The van der Waals surface area contributed by atoms with Crippen molar-refractivity contribution in [3.63, 3.8) is 0 Å². The first-order valence-corrected chi connectivity index (χ1v) is 8.87. The van der Waals surface area contributed by atoms with Gasteiger partial charge in [-0.05, 0) is 42.8 Å². The highest BCUT2D eigenvalue weighted by molar-refractivity contribution is 6.49. The molecule has 0 amide bonds. The van der Waals surface area contributed by atoms with E-state index in [2.05, 4.69) is 10.5 Å². The predicted molar refractivity (Wildman–Crippen MR) is 103 cm³/mol. The van der Waals surface area contributed by atoms with Crippen LogP contribution in [0.4, 0.5) is 0 Å². The highest BCUT2D eigenvalue weighted by Crippen LogP contribution is 2.33. The summed E-state index contributed by atoms with van der Waals surface area (Å²) in [5.41, 5.74) is 4.05. The predicted octanol–water partition coefficient (Wildman–Crippen LogP) is 3.21. The molecule has 6 nitrogen and oxygen atoms in total. The van der Waals surface area contributed by atoms with Crippen LogP contribution in [0.5, 0.6) is 5.75 Å². The molecule has 0 fully saturated rings. The lowest BCUT2D eigenvalue weighted by molar-refractivity contribution is -0.145. The lowest BCUT2D eigenvalue weighted by Crippen LogP contribution is -2.38. The van der Waals surface area contributed by atoms with Crippen molar-refractivity contribution >= 4 is 29.1 Å². The smallest absolute Gasteiger partial charge is 0.331 e. The second-order valence-corrected chi connectivity index (χ2v) is 6.32. The Morgan fingerprint density at radius 1 is 1.15 bits per heavy atom. The summed E-state index contributed by atoms with van der Waals surface area (Å²) in [4.78, 5) is 25.5.